The molecule has 0 aliphatic carbocycles. The zero-order valence-corrected chi connectivity index (χ0v) is 14.0. The highest BCUT2D eigenvalue weighted by atomic mass is 35.5. The molecule has 0 aliphatic rings. The minimum atomic E-state index is -1.15. The number of aliphatic hydroxyl groups is 1. The van der Waals surface area contributed by atoms with Crippen molar-refractivity contribution in [1.82, 2.24) is 0 Å². The fourth-order valence-corrected chi connectivity index (χ4v) is 2.67. The van der Waals surface area contributed by atoms with Gasteiger partial charge < -0.3 is 20.1 Å². The zero-order valence-electron chi connectivity index (χ0n) is 12.5. The van der Waals surface area contributed by atoms with E-state index in [1.165, 1.54) is 12.1 Å². The number of halogens is 2. The van der Waals surface area contributed by atoms with Crippen LogP contribution < -0.4 is 4.74 Å². The summed E-state index contributed by atoms with van der Waals surface area (Å²) in [6, 6.07) is 2.93. The summed E-state index contributed by atoms with van der Waals surface area (Å²) in [5.74, 6) is -2.27. The largest absolute Gasteiger partial charge is 0.481 e. The molecule has 3 N–H and O–H groups in total. The van der Waals surface area contributed by atoms with Crippen LogP contribution in [0.4, 0.5) is 0 Å². The van der Waals surface area contributed by atoms with E-state index in [1.807, 2.05) is 6.92 Å². The number of carbonyl (C=O) groups is 2. The molecular weight excluding hydrogens is 347 g/mol. The Labute approximate surface area is 143 Å². The van der Waals surface area contributed by atoms with Crippen LogP contribution in [0, 0.1) is 5.92 Å². The van der Waals surface area contributed by atoms with Gasteiger partial charge in [0.05, 0.1) is 11.1 Å². The third-order valence-electron chi connectivity index (χ3n) is 3.45. The number of carboxylic acid groups (broad SMARTS) is 2. The number of benzene rings is 1. The molecule has 6 nitrogen and oxygen atoms in total. The second-order valence-corrected chi connectivity index (χ2v) is 5.76. The Hall–Kier alpha value is -1.50. The number of hydrogen-bond donors (Lipinski definition) is 3. The maximum Gasteiger partial charge on any atom is 0.341 e. The first-order valence-corrected chi connectivity index (χ1v) is 7.75. The molecule has 1 rings (SSSR count). The van der Waals surface area contributed by atoms with Crippen LogP contribution in [0.2, 0.25) is 10.0 Å². The summed E-state index contributed by atoms with van der Waals surface area (Å²) in [6.45, 7) is 1.28. The third kappa shape index (κ3) is 5.57. The molecule has 0 saturated heterocycles. The van der Waals surface area contributed by atoms with Crippen molar-refractivity contribution in [3.63, 3.8) is 0 Å². The normalized spacial score (nSPS) is 13.4. The van der Waals surface area contributed by atoms with Crippen molar-refractivity contribution < 1.29 is 29.6 Å². The summed E-state index contributed by atoms with van der Waals surface area (Å²) in [5, 5.41) is 27.9. The Bertz CT molecular complexity index is 575. The predicted octanol–water partition coefficient (Wildman–Crippen LogP) is 3.38. The first-order chi connectivity index (χ1) is 10.8. The lowest BCUT2D eigenvalue weighted by Gasteiger charge is -2.23. The third-order valence-corrected chi connectivity index (χ3v) is 4.33. The van der Waals surface area contributed by atoms with Gasteiger partial charge in [0.15, 0.2) is 6.61 Å². The fourth-order valence-electron chi connectivity index (χ4n) is 2.17. The highest BCUT2D eigenvalue weighted by Crippen LogP contribution is 2.40. The standard InChI is InChI=1S/C15H18Cl2O6/c1-2-8(3-6-11(18)19)15(22)9-4-5-10(14(17)13(9)16)23-7-12(20)21/h4-5,8,15,22H,2-3,6-7H2,1H3,(H,18,19)(H,20,21). The van der Waals surface area contributed by atoms with E-state index in [-0.39, 0.29) is 28.1 Å². The van der Waals surface area contributed by atoms with E-state index in [0.717, 1.165) is 0 Å². The molecule has 128 valence electrons. The van der Waals surface area contributed by atoms with Gasteiger partial charge in [0.2, 0.25) is 0 Å². The quantitative estimate of drug-likeness (QED) is 0.620. The fraction of sp³-hybridized carbons (Fsp3) is 0.467. The highest BCUT2D eigenvalue weighted by molar-refractivity contribution is 6.43. The Balaban J connectivity index is 2.96. The van der Waals surface area contributed by atoms with Crippen LogP contribution in [0.3, 0.4) is 0 Å². The number of carboxylic acids is 2. The van der Waals surface area contributed by atoms with Crippen molar-refractivity contribution >= 4 is 35.1 Å². The van der Waals surface area contributed by atoms with E-state index < -0.39 is 24.6 Å². The zero-order chi connectivity index (χ0) is 17.6. The molecule has 1 aromatic rings. The van der Waals surface area contributed by atoms with Gasteiger partial charge in [-0.15, -0.1) is 0 Å². The average Bonchev–Trinajstić information content (AvgIpc) is 2.48. The van der Waals surface area contributed by atoms with Crippen LogP contribution in [0.1, 0.15) is 37.9 Å². The Morgan fingerprint density at radius 3 is 2.35 bits per heavy atom. The Morgan fingerprint density at radius 1 is 1.17 bits per heavy atom. The lowest BCUT2D eigenvalue weighted by Crippen LogP contribution is -2.15. The van der Waals surface area contributed by atoms with Crippen molar-refractivity contribution in [1.29, 1.82) is 0 Å². The first kappa shape index (κ1) is 19.5. The van der Waals surface area contributed by atoms with Crippen LogP contribution in [-0.2, 0) is 9.59 Å². The van der Waals surface area contributed by atoms with E-state index in [2.05, 4.69) is 0 Å². The monoisotopic (exact) mass is 364 g/mol. The molecular formula is C15H18Cl2O6. The van der Waals surface area contributed by atoms with Gasteiger partial charge in [0.1, 0.15) is 10.8 Å². The van der Waals surface area contributed by atoms with Crippen LogP contribution in [-0.4, -0.2) is 33.9 Å². The van der Waals surface area contributed by atoms with Gasteiger partial charge in [-0.3, -0.25) is 4.79 Å². The molecule has 0 spiro atoms. The summed E-state index contributed by atoms with van der Waals surface area (Å²) in [6.07, 6.45) is -0.156. The van der Waals surface area contributed by atoms with Crippen molar-refractivity contribution in [3.8, 4) is 5.75 Å². The molecule has 23 heavy (non-hydrogen) atoms. The van der Waals surface area contributed by atoms with Crippen molar-refractivity contribution in [3.05, 3.63) is 27.7 Å². The lowest BCUT2D eigenvalue weighted by molar-refractivity contribution is -0.139. The van der Waals surface area contributed by atoms with Gasteiger partial charge in [-0.1, -0.05) is 42.6 Å². The molecule has 0 fully saturated rings. The molecule has 0 bridgehead atoms. The first-order valence-electron chi connectivity index (χ1n) is 7.00. The minimum Gasteiger partial charge on any atom is -0.481 e. The van der Waals surface area contributed by atoms with Crippen LogP contribution in [0.15, 0.2) is 12.1 Å². The average molecular weight is 365 g/mol. The molecule has 0 heterocycles. The smallest absolute Gasteiger partial charge is 0.341 e. The topological polar surface area (TPSA) is 104 Å². The summed E-state index contributed by atoms with van der Waals surface area (Å²) in [7, 11) is 0. The second-order valence-electron chi connectivity index (χ2n) is 5.01. The van der Waals surface area contributed by atoms with Crippen LogP contribution in [0.5, 0.6) is 5.75 Å². The number of rotatable bonds is 9. The minimum absolute atomic E-state index is 0.0116. The molecule has 0 amide bonds. The summed E-state index contributed by atoms with van der Waals surface area (Å²) in [5.41, 5.74) is 0.358. The summed E-state index contributed by atoms with van der Waals surface area (Å²) in [4.78, 5) is 21.2. The molecule has 8 heteroatoms. The van der Waals surface area contributed by atoms with E-state index in [9.17, 15) is 14.7 Å². The van der Waals surface area contributed by atoms with E-state index in [1.54, 1.807) is 0 Å². The number of aliphatic carboxylic acids is 2. The van der Waals surface area contributed by atoms with Gasteiger partial charge in [0.25, 0.3) is 0 Å². The number of hydrogen-bond acceptors (Lipinski definition) is 4. The number of ether oxygens (including phenoxy) is 1. The summed E-state index contributed by atoms with van der Waals surface area (Å²) >= 11 is 12.2. The van der Waals surface area contributed by atoms with Gasteiger partial charge >= 0.3 is 11.9 Å². The van der Waals surface area contributed by atoms with E-state index >= 15 is 0 Å². The Morgan fingerprint density at radius 2 is 1.83 bits per heavy atom. The van der Waals surface area contributed by atoms with E-state index in [0.29, 0.717) is 18.4 Å². The van der Waals surface area contributed by atoms with E-state index in [4.69, 9.17) is 38.2 Å². The van der Waals surface area contributed by atoms with Crippen molar-refractivity contribution in [2.45, 2.75) is 32.3 Å². The van der Waals surface area contributed by atoms with Crippen molar-refractivity contribution in [2.24, 2.45) is 5.92 Å². The molecule has 2 atom stereocenters. The molecule has 2 unspecified atom stereocenters. The van der Waals surface area contributed by atoms with Gasteiger partial charge in [-0.2, -0.15) is 0 Å². The van der Waals surface area contributed by atoms with Gasteiger partial charge in [0, 0.05) is 12.0 Å². The highest BCUT2D eigenvalue weighted by Gasteiger charge is 2.24. The molecule has 0 aromatic heterocycles. The van der Waals surface area contributed by atoms with Crippen molar-refractivity contribution in [2.75, 3.05) is 6.61 Å². The lowest BCUT2D eigenvalue weighted by atomic mass is 9.89. The summed E-state index contributed by atoms with van der Waals surface area (Å²) < 4.78 is 5.00. The van der Waals surface area contributed by atoms with Crippen LogP contribution >= 0.6 is 23.2 Å². The molecule has 0 radical (unpaired) electrons. The predicted molar refractivity (Wildman–Crippen MR) is 85.2 cm³/mol. The molecule has 1 aromatic carbocycles. The van der Waals surface area contributed by atoms with Gasteiger partial charge in [-0.05, 0) is 18.4 Å². The van der Waals surface area contributed by atoms with Gasteiger partial charge in [-0.25, -0.2) is 4.79 Å². The second kappa shape index (κ2) is 8.96. The molecule has 0 aliphatic heterocycles. The SMILES string of the molecule is CCC(CCC(=O)O)C(O)c1ccc(OCC(=O)O)c(Cl)c1Cl. The Kier molecular flexibility index (Phi) is 7.61. The number of aliphatic hydroxyl groups excluding tert-OH is 1. The maximum atomic E-state index is 10.7. The molecule has 0 saturated carbocycles. The maximum absolute atomic E-state index is 10.7. The van der Waals surface area contributed by atoms with Crippen LogP contribution in [0.25, 0.3) is 0 Å².